The highest BCUT2D eigenvalue weighted by Gasteiger charge is 2.47. The van der Waals surface area contributed by atoms with Crippen molar-refractivity contribution in [2.45, 2.75) is 51.5 Å². The maximum atomic E-state index is 14.3. The first-order valence-corrected chi connectivity index (χ1v) is 6.69. The molecule has 0 aromatic carbocycles. The highest BCUT2D eigenvalue weighted by molar-refractivity contribution is 5.66. The molecular weight excluding hydrogens is 299 g/mol. The van der Waals surface area contributed by atoms with E-state index >= 15 is 0 Å². The minimum atomic E-state index is -1.93. The van der Waals surface area contributed by atoms with Crippen molar-refractivity contribution in [1.29, 1.82) is 0 Å². The van der Waals surface area contributed by atoms with Gasteiger partial charge in [-0.15, -0.1) is 0 Å². The number of H-pyrrole nitrogens is 1. The van der Waals surface area contributed by atoms with E-state index in [4.69, 9.17) is 9.47 Å². The van der Waals surface area contributed by atoms with Crippen molar-refractivity contribution in [2.75, 3.05) is 0 Å². The summed E-state index contributed by atoms with van der Waals surface area (Å²) in [4.78, 5) is 36.5. The number of halogens is 1. The molecule has 2 rings (SSSR count). The standard InChI is InChI=1S/C13H17FN2O6/c1-5-4-16(13(20)15-11(5)19)12-10(22-7(3)17)8(14)9(18)6(2)21-12/h4,6,8-10,12,18H,1-3H3,(H,15,19,20)/t6-,8+,9-,10-,12-/m1/s1. The zero-order chi connectivity index (χ0) is 16.6. The smallest absolute Gasteiger partial charge is 0.330 e. The number of esters is 1. The fourth-order valence-corrected chi connectivity index (χ4v) is 2.30. The Morgan fingerprint density at radius 2 is 2.14 bits per heavy atom. The summed E-state index contributed by atoms with van der Waals surface area (Å²) >= 11 is 0. The fourth-order valence-electron chi connectivity index (χ4n) is 2.30. The number of hydrogen-bond donors (Lipinski definition) is 2. The predicted molar refractivity (Wildman–Crippen MR) is 72.1 cm³/mol. The molecule has 1 aliphatic heterocycles. The largest absolute Gasteiger partial charge is 0.454 e. The van der Waals surface area contributed by atoms with Crippen LogP contribution < -0.4 is 11.2 Å². The Morgan fingerprint density at radius 3 is 2.73 bits per heavy atom. The Kier molecular flexibility index (Phi) is 4.47. The number of aryl methyl sites for hydroxylation is 1. The van der Waals surface area contributed by atoms with Crippen molar-refractivity contribution in [3.63, 3.8) is 0 Å². The summed E-state index contributed by atoms with van der Waals surface area (Å²) in [7, 11) is 0. The number of nitrogens with one attached hydrogen (secondary N) is 1. The van der Waals surface area contributed by atoms with Gasteiger partial charge in [-0.25, -0.2) is 9.18 Å². The topological polar surface area (TPSA) is 111 Å². The summed E-state index contributed by atoms with van der Waals surface area (Å²) in [6.45, 7) is 3.97. The van der Waals surface area contributed by atoms with Crippen molar-refractivity contribution in [2.24, 2.45) is 0 Å². The first kappa shape index (κ1) is 16.4. The van der Waals surface area contributed by atoms with Gasteiger partial charge in [-0.3, -0.25) is 19.1 Å². The summed E-state index contributed by atoms with van der Waals surface area (Å²) in [5.74, 6) is -0.780. The maximum Gasteiger partial charge on any atom is 0.330 e. The van der Waals surface area contributed by atoms with Crippen LogP contribution in [0.1, 0.15) is 25.6 Å². The van der Waals surface area contributed by atoms with Crippen molar-refractivity contribution >= 4 is 5.97 Å². The molecule has 1 aromatic heterocycles. The Balaban J connectivity index is 2.49. The monoisotopic (exact) mass is 316 g/mol. The van der Waals surface area contributed by atoms with E-state index in [9.17, 15) is 23.9 Å². The number of nitrogens with zero attached hydrogens (tertiary/aromatic N) is 1. The normalized spacial score (nSPS) is 31.8. The van der Waals surface area contributed by atoms with Crippen molar-refractivity contribution < 1.29 is 23.8 Å². The molecule has 0 bridgehead atoms. The highest BCUT2D eigenvalue weighted by atomic mass is 19.1. The Morgan fingerprint density at radius 1 is 1.50 bits per heavy atom. The summed E-state index contributed by atoms with van der Waals surface area (Å²) in [6, 6.07) is 0. The number of ether oxygens (including phenoxy) is 2. The number of alkyl halides is 1. The molecule has 0 unspecified atom stereocenters. The van der Waals surface area contributed by atoms with E-state index in [1.165, 1.54) is 20.0 Å². The first-order chi connectivity index (χ1) is 10.2. The first-order valence-electron chi connectivity index (χ1n) is 6.69. The molecule has 1 fully saturated rings. The van der Waals surface area contributed by atoms with Gasteiger partial charge >= 0.3 is 11.7 Å². The van der Waals surface area contributed by atoms with Gasteiger partial charge in [0.25, 0.3) is 5.56 Å². The van der Waals surface area contributed by atoms with Gasteiger partial charge < -0.3 is 14.6 Å². The second-order valence-electron chi connectivity index (χ2n) is 5.22. The van der Waals surface area contributed by atoms with Gasteiger partial charge in [-0.2, -0.15) is 0 Å². The van der Waals surface area contributed by atoms with Crippen molar-refractivity contribution in [1.82, 2.24) is 9.55 Å². The SMILES string of the molecule is CC(=O)O[C@@H]1[C@@H](F)[C@H](O)[C@@H](C)O[C@H]1n1cc(C)c(=O)[nH]c1=O. The van der Waals surface area contributed by atoms with Gasteiger partial charge in [-0.05, 0) is 13.8 Å². The average Bonchev–Trinajstić information content (AvgIpc) is 2.43. The number of rotatable bonds is 2. The summed E-state index contributed by atoms with van der Waals surface area (Å²) < 4.78 is 25.5. The van der Waals surface area contributed by atoms with Crippen LogP contribution in [0.25, 0.3) is 0 Å². The molecule has 1 aromatic rings. The van der Waals surface area contributed by atoms with Crippen LogP contribution in [0.3, 0.4) is 0 Å². The lowest BCUT2D eigenvalue weighted by Gasteiger charge is -2.40. The molecule has 22 heavy (non-hydrogen) atoms. The molecular formula is C13H17FN2O6. The average molecular weight is 316 g/mol. The molecule has 122 valence electrons. The number of carbonyl (C=O) groups excluding carboxylic acids is 1. The zero-order valence-electron chi connectivity index (χ0n) is 12.3. The number of aromatic nitrogens is 2. The van der Waals surface area contributed by atoms with E-state index in [1.54, 1.807) is 0 Å². The third-order valence-corrected chi connectivity index (χ3v) is 3.48. The van der Waals surface area contributed by atoms with E-state index < -0.39 is 47.9 Å². The molecule has 0 amide bonds. The second-order valence-corrected chi connectivity index (χ2v) is 5.22. The van der Waals surface area contributed by atoms with Crippen molar-refractivity contribution in [3.8, 4) is 0 Å². The zero-order valence-corrected chi connectivity index (χ0v) is 12.3. The van der Waals surface area contributed by atoms with E-state index in [2.05, 4.69) is 4.98 Å². The van der Waals surface area contributed by atoms with Crippen LogP contribution in [-0.4, -0.2) is 45.1 Å². The molecule has 0 spiro atoms. The number of aromatic amines is 1. The van der Waals surface area contributed by atoms with Crippen LogP contribution in [0.4, 0.5) is 4.39 Å². The van der Waals surface area contributed by atoms with Gasteiger partial charge in [-0.1, -0.05) is 0 Å². The molecule has 0 radical (unpaired) electrons. The molecule has 0 saturated carbocycles. The Hall–Kier alpha value is -2.00. The molecule has 9 heteroatoms. The number of hydrogen-bond acceptors (Lipinski definition) is 6. The molecule has 2 N–H and O–H groups in total. The van der Waals surface area contributed by atoms with Crippen molar-refractivity contribution in [3.05, 3.63) is 32.6 Å². The predicted octanol–water partition coefficient (Wildman–Crippen LogP) is -0.607. The number of aliphatic hydroxyl groups excluding tert-OH is 1. The summed E-state index contributed by atoms with van der Waals surface area (Å²) in [5.41, 5.74) is -1.20. The van der Waals surface area contributed by atoms with Crippen LogP contribution in [0.5, 0.6) is 0 Å². The summed E-state index contributed by atoms with van der Waals surface area (Å²) in [5, 5.41) is 9.73. The maximum absolute atomic E-state index is 14.3. The minimum Gasteiger partial charge on any atom is -0.454 e. The number of aliphatic hydroxyl groups is 1. The van der Waals surface area contributed by atoms with Crippen LogP contribution in [0, 0.1) is 6.92 Å². The second kappa shape index (κ2) is 6.01. The van der Waals surface area contributed by atoms with Gasteiger partial charge in [0.2, 0.25) is 0 Å². The van der Waals surface area contributed by atoms with E-state index in [0.717, 1.165) is 11.5 Å². The highest BCUT2D eigenvalue weighted by Crippen LogP contribution is 2.31. The van der Waals surface area contributed by atoms with E-state index in [1.807, 2.05) is 0 Å². The van der Waals surface area contributed by atoms with Gasteiger partial charge in [0.15, 0.2) is 18.5 Å². The van der Waals surface area contributed by atoms with E-state index in [0.29, 0.717) is 0 Å². The van der Waals surface area contributed by atoms with Crippen LogP contribution in [-0.2, 0) is 14.3 Å². The lowest BCUT2D eigenvalue weighted by Crippen LogP contribution is -2.55. The molecule has 8 nitrogen and oxygen atoms in total. The number of carbonyl (C=O) groups is 1. The van der Waals surface area contributed by atoms with Crippen LogP contribution in [0.15, 0.2) is 15.8 Å². The third-order valence-electron chi connectivity index (χ3n) is 3.48. The van der Waals surface area contributed by atoms with E-state index in [-0.39, 0.29) is 5.56 Å². The lowest BCUT2D eigenvalue weighted by molar-refractivity contribution is -0.235. The van der Waals surface area contributed by atoms with Crippen LogP contribution in [0.2, 0.25) is 0 Å². The third kappa shape index (κ3) is 2.95. The lowest BCUT2D eigenvalue weighted by atomic mass is 10.00. The van der Waals surface area contributed by atoms with Gasteiger partial charge in [0.1, 0.15) is 6.10 Å². The Bertz CT molecular complexity index is 684. The molecule has 0 aliphatic carbocycles. The van der Waals surface area contributed by atoms with Crippen LogP contribution >= 0.6 is 0 Å². The van der Waals surface area contributed by atoms with Gasteiger partial charge in [0, 0.05) is 18.7 Å². The quantitative estimate of drug-likeness (QED) is 0.705. The molecule has 1 saturated heterocycles. The fraction of sp³-hybridized carbons (Fsp3) is 0.615. The summed E-state index contributed by atoms with van der Waals surface area (Å²) in [6.07, 6.45) is -5.96. The molecule has 1 aliphatic rings. The molecule has 2 heterocycles. The molecule has 5 atom stereocenters. The Labute approximate surface area is 124 Å². The minimum absolute atomic E-state index is 0.207. The van der Waals surface area contributed by atoms with Gasteiger partial charge in [0.05, 0.1) is 6.10 Å².